The highest BCUT2D eigenvalue weighted by Gasteiger charge is 2.30. The Labute approximate surface area is 88.7 Å². The van der Waals surface area contributed by atoms with Gasteiger partial charge in [0.15, 0.2) is 5.13 Å². The van der Waals surface area contributed by atoms with Crippen molar-refractivity contribution in [2.24, 2.45) is 11.7 Å². The zero-order valence-corrected chi connectivity index (χ0v) is 9.31. The van der Waals surface area contributed by atoms with Crippen LogP contribution in [0.15, 0.2) is 5.38 Å². The van der Waals surface area contributed by atoms with Crippen molar-refractivity contribution in [3.8, 4) is 0 Å². The zero-order chi connectivity index (χ0) is 9.97. The summed E-state index contributed by atoms with van der Waals surface area (Å²) in [6.07, 6.45) is 3.65. The molecule has 1 aliphatic carbocycles. The molecule has 0 amide bonds. The topological polar surface area (TPSA) is 50.9 Å². The number of nitrogens with two attached hydrogens (primary N) is 1. The predicted molar refractivity (Wildman–Crippen MR) is 60.7 cm³/mol. The molecule has 14 heavy (non-hydrogen) atoms. The molecule has 78 valence electrons. The maximum absolute atomic E-state index is 5.72. The molecule has 3 N–H and O–H groups in total. The van der Waals surface area contributed by atoms with Crippen molar-refractivity contribution < 1.29 is 0 Å². The van der Waals surface area contributed by atoms with Crippen LogP contribution in [0, 0.1) is 5.92 Å². The summed E-state index contributed by atoms with van der Waals surface area (Å²) in [6.45, 7) is 2.84. The fourth-order valence-corrected chi connectivity index (χ4v) is 2.42. The van der Waals surface area contributed by atoms with Crippen LogP contribution in [0.5, 0.6) is 0 Å². The Bertz CT molecular complexity index is 293. The van der Waals surface area contributed by atoms with Gasteiger partial charge in [0.1, 0.15) is 0 Å². The number of nitrogens with zero attached hydrogens (tertiary/aromatic N) is 1. The third-order valence-corrected chi connectivity index (χ3v) is 3.49. The summed E-state index contributed by atoms with van der Waals surface area (Å²) in [5.74, 6) is 0.786. The molecule has 0 aliphatic heterocycles. The van der Waals surface area contributed by atoms with E-state index in [0.717, 1.165) is 17.5 Å². The second kappa shape index (κ2) is 4.28. The minimum Gasteiger partial charge on any atom is -0.357 e. The quantitative estimate of drug-likeness (QED) is 0.781. The maximum Gasteiger partial charge on any atom is 0.183 e. The van der Waals surface area contributed by atoms with E-state index in [4.69, 9.17) is 5.73 Å². The van der Waals surface area contributed by atoms with Crippen LogP contribution in [0.4, 0.5) is 5.13 Å². The summed E-state index contributed by atoms with van der Waals surface area (Å²) in [4.78, 5) is 4.48. The fourth-order valence-electron chi connectivity index (χ4n) is 1.56. The SMILES string of the molecule is CCc1csc(NC(CN)C2CC2)n1. The van der Waals surface area contributed by atoms with Gasteiger partial charge >= 0.3 is 0 Å². The van der Waals surface area contributed by atoms with Crippen molar-refractivity contribution in [1.82, 2.24) is 4.98 Å². The first-order chi connectivity index (χ1) is 6.83. The van der Waals surface area contributed by atoms with Crippen LogP contribution < -0.4 is 11.1 Å². The van der Waals surface area contributed by atoms with Crippen molar-refractivity contribution in [2.45, 2.75) is 32.2 Å². The van der Waals surface area contributed by atoms with Gasteiger partial charge in [0, 0.05) is 18.0 Å². The number of thiazole rings is 1. The fraction of sp³-hybridized carbons (Fsp3) is 0.700. The van der Waals surface area contributed by atoms with Crippen molar-refractivity contribution in [2.75, 3.05) is 11.9 Å². The molecular formula is C10H17N3S. The predicted octanol–water partition coefficient (Wildman–Crippen LogP) is 1.85. The molecule has 1 fully saturated rings. The van der Waals surface area contributed by atoms with Gasteiger partial charge in [0.25, 0.3) is 0 Å². The van der Waals surface area contributed by atoms with E-state index >= 15 is 0 Å². The average molecular weight is 211 g/mol. The summed E-state index contributed by atoms with van der Waals surface area (Å²) in [5, 5.41) is 6.57. The van der Waals surface area contributed by atoms with E-state index in [-0.39, 0.29) is 0 Å². The van der Waals surface area contributed by atoms with Gasteiger partial charge in [0.2, 0.25) is 0 Å². The Morgan fingerprint density at radius 2 is 2.50 bits per heavy atom. The van der Waals surface area contributed by atoms with Crippen molar-refractivity contribution >= 4 is 16.5 Å². The summed E-state index contributed by atoms with van der Waals surface area (Å²) in [5.41, 5.74) is 6.89. The monoisotopic (exact) mass is 211 g/mol. The largest absolute Gasteiger partial charge is 0.357 e. The minimum absolute atomic E-state index is 0.436. The summed E-state index contributed by atoms with van der Waals surface area (Å²) >= 11 is 1.69. The highest BCUT2D eigenvalue weighted by Crippen LogP contribution is 2.34. The molecule has 0 saturated heterocycles. The molecule has 1 aliphatic rings. The molecule has 0 spiro atoms. The number of nitrogens with one attached hydrogen (secondary N) is 1. The van der Waals surface area contributed by atoms with E-state index in [2.05, 4.69) is 22.6 Å². The number of anilines is 1. The van der Waals surface area contributed by atoms with Gasteiger partial charge in [-0.25, -0.2) is 4.98 Å². The van der Waals surface area contributed by atoms with E-state index in [1.807, 2.05) is 0 Å². The summed E-state index contributed by atoms with van der Waals surface area (Å²) in [7, 11) is 0. The minimum atomic E-state index is 0.436. The summed E-state index contributed by atoms with van der Waals surface area (Å²) in [6, 6.07) is 0.436. The number of hydrogen-bond acceptors (Lipinski definition) is 4. The van der Waals surface area contributed by atoms with Crippen LogP contribution in [-0.2, 0) is 6.42 Å². The Kier molecular flexibility index (Phi) is 3.03. The van der Waals surface area contributed by atoms with Crippen LogP contribution in [0.1, 0.15) is 25.5 Å². The van der Waals surface area contributed by atoms with Gasteiger partial charge in [-0.3, -0.25) is 0 Å². The summed E-state index contributed by atoms with van der Waals surface area (Å²) < 4.78 is 0. The van der Waals surface area contributed by atoms with Crippen LogP contribution in [0.25, 0.3) is 0 Å². The Balaban J connectivity index is 1.94. The molecule has 1 aromatic heterocycles. The molecule has 2 rings (SSSR count). The van der Waals surface area contributed by atoms with Gasteiger partial charge < -0.3 is 11.1 Å². The lowest BCUT2D eigenvalue weighted by atomic mass is 10.2. The highest BCUT2D eigenvalue weighted by molar-refractivity contribution is 7.13. The normalized spacial score (nSPS) is 18.1. The van der Waals surface area contributed by atoms with Gasteiger partial charge in [0.05, 0.1) is 5.69 Å². The number of hydrogen-bond donors (Lipinski definition) is 2. The van der Waals surface area contributed by atoms with E-state index in [1.54, 1.807) is 11.3 Å². The number of aryl methyl sites for hydroxylation is 1. The first-order valence-corrected chi connectivity index (χ1v) is 6.12. The third kappa shape index (κ3) is 2.25. The van der Waals surface area contributed by atoms with Crippen LogP contribution in [-0.4, -0.2) is 17.6 Å². The van der Waals surface area contributed by atoms with E-state index in [1.165, 1.54) is 18.5 Å². The highest BCUT2D eigenvalue weighted by atomic mass is 32.1. The molecule has 1 saturated carbocycles. The Morgan fingerprint density at radius 1 is 1.71 bits per heavy atom. The lowest BCUT2D eigenvalue weighted by Crippen LogP contribution is -2.30. The Hall–Kier alpha value is -0.610. The Morgan fingerprint density at radius 3 is 3.00 bits per heavy atom. The molecule has 1 heterocycles. The molecule has 0 aromatic carbocycles. The van der Waals surface area contributed by atoms with Gasteiger partial charge in [-0.1, -0.05) is 6.92 Å². The van der Waals surface area contributed by atoms with Crippen molar-refractivity contribution in [1.29, 1.82) is 0 Å². The second-order valence-corrected chi connectivity index (χ2v) is 4.68. The molecular weight excluding hydrogens is 194 g/mol. The maximum atomic E-state index is 5.72. The van der Waals surface area contributed by atoms with Gasteiger partial charge in [-0.05, 0) is 25.2 Å². The lowest BCUT2D eigenvalue weighted by molar-refractivity contribution is 0.644. The first-order valence-electron chi connectivity index (χ1n) is 5.24. The number of rotatable bonds is 5. The van der Waals surface area contributed by atoms with Crippen molar-refractivity contribution in [3.05, 3.63) is 11.1 Å². The van der Waals surface area contributed by atoms with Crippen LogP contribution in [0.3, 0.4) is 0 Å². The smallest absolute Gasteiger partial charge is 0.183 e. The van der Waals surface area contributed by atoms with E-state index in [9.17, 15) is 0 Å². The van der Waals surface area contributed by atoms with Gasteiger partial charge in [-0.2, -0.15) is 0 Å². The lowest BCUT2D eigenvalue weighted by Gasteiger charge is -2.14. The third-order valence-electron chi connectivity index (χ3n) is 2.67. The molecule has 4 heteroatoms. The molecule has 0 radical (unpaired) electrons. The molecule has 1 aromatic rings. The molecule has 3 nitrogen and oxygen atoms in total. The molecule has 1 atom stereocenters. The number of aromatic nitrogens is 1. The second-order valence-electron chi connectivity index (χ2n) is 3.82. The van der Waals surface area contributed by atoms with Crippen LogP contribution >= 0.6 is 11.3 Å². The average Bonchev–Trinajstić information content (AvgIpc) is 2.95. The standard InChI is InChI=1S/C10H17N3S/c1-2-8-6-14-10(12-8)13-9(5-11)7-3-4-7/h6-7,9H,2-5,11H2,1H3,(H,12,13). The van der Waals surface area contributed by atoms with Gasteiger partial charge in [-0.15, -0.1) is 11.3 Å². The molecule has 0 bridgehead atoms. The van der Waals surface area contributed by atoms with Crippen LogP contribution in [0.2, 0.25) is 0 Å². The molecule has 1 unspecified atom stereocenters. The first kappa shape index (κ1) is 9.93. The van der Waals surface area contributed by atoms with E-state index in [0.29, 0.717) is 12.6 Å². The zero-order valence-electron chi connectivity index (χ0n) is 8.49. The van der Waals surface area contributed by atoms with E-state index < -0.39 is 0 Å². The van der Waals surface area contributed by atoms with Crippen molar-refractivity contribution in [3.63, 3.8) is 0 Å².